The van der Waals surface area contributed by atoms with Gasteiger partial charge >= 0.3 is 6.18 Å². The van der Waals surface area contributed by atoms with Crippen LogP contribution in [0.5, 0.6) is 0 Å². The van der Waals surface area contributed by atoms with Crippen LogP contribution in [0.25, 0.3) is 0 Å². The molecule has 0 aliphatic carbocycles. The van der Waals surface area contributed by atoms with Crippen molar-refractivity contribution in [3.8, 4) is 0 Å². The zero-order valence-electron chi connectivity index (χ0n) is 12.2. The van der Waals surface area contributed by atoms with Gasteiger partial charge < -0.3 is 9.80 Å². The quantitative estimate of drug-likeness (QED) is 0.777. The minimum Gasteiger partial charge on any atom is -0.347 e. The topological polar surface area (TPSA) is 40.6 Å². The lowest BCUT2D eigenvalue weighted by Crippen LogP contribution is -2.45. The Labute approximate surface area is 125 Å². The second kappa shape index (κ2) is 7.24. The van der Waals surface area contributed by atoms with E-state index in [1.807, 2.05) is 0 Å². The third-order valence-corrected chi connectivity index (χ3v) is 2.85. The fourth-order valence-corrected chi connectivity index (χ4v) is 1.67. The number of carbonyl (C=O) groups excluding carboxylic acids is 2. The minimum atomic E-state index is -4.64. The largest absolute Gasteiger partial charge is 0.406 e. The van der Waals surface area contributed by atoms with Gasteiger partial charge in [-0.25, -0.2) is 4.39 Å². The van der Waals surface area contributed by atoms with Gasteiger partial charge in [-0.05, 0) is 11.6 Å². The van der Waals surface area contributed by atoms with Gasteiger partial charge in [0, 0.05) is 14.1 Å². The molecule has 0 N–H and O–H groups in total. The van der Waals surface area contributed by atoms with Crippen LogP contribution in [0, 0.1) is 5.82 Å². The average Bonchev–Trinajstić information content (AvgIpc) is 2.38. The highest BCUT2D eigenvalue weighted by Crippen LogP contribution is 2.18. The molecule has 0 aliphatic rings. The van der Waals surface area contributed by atoms with Crippen LogP contribution in [-0.4, -0.2) is 55.0 Å². The van der Waals surface area contributed by atoms with Gasteiger partial charge in [0.05, 0.1) is 6.42 Å². The maximum atomic E-state index is 13.5. The lowest BCUT2D eigenvalue weighted by molar-refractivity contribution is -0.163. The number of amides is 2. The zero-order chi connectivity index (χ0) is 16.9. The van der Waals surface area contributed by atoms with E-state index in [0.29, 0.717) is 4.90 Å². The van der Waals surface area contributed by atoms with E-state index in [0.717, 1.165) is 11.0 Å². The lowest BCUT2D eigenvalue weighted by Gasteiger charge is -2.25. The SMILES string of the molecule is CN(C)C(=O)CN(CC(F)(F)F)C(=O)Cc1ccccc1F. The van der Waals surface area contributed by atoms with Gasteiger partial charge in [0.25, 0.3) is 0 Å². The van der Waals surface area contributed by atoms with Crippen molar-refractivity contribution in [2.24, 2.45) is 0 Å². The predicted molar refractivity (Wildman–Crippen MR) is 71.4 cm³/mol. The summed E-state index contributed by atoms with van der Waals surface area (Å²) >= 11 is 0. The Balaban J connectivity index is 2.88. The van der Waals surface area contributed by atoms with Crippen molar-refractivity contribution in [2.75, 3.05) is 27.2 Å². The molecule has 0 bridgehead atoms. The molecule has 0 aromatic heterocycles. The molecule has 1 aromatic rings. The van der Waals surface area contributed by atoms with Crippen molar-refractivity contribution >= 4 is 11.8 Å². The Morgan fingerprint density at radius 2 is 1.68 bits per heavy atom. The van der Waals surface area contributed by atoms with Gasteiger partial charge in [0.1, 0.15) is 18.9 Å². The normalized spacial score (nSPS) is 11.2. The first-order chi connectivity index (χ1) is 10.1. The van der Waals surface area contributed by atoms with Gasteiger partial charge in [-0.3, -0.25) is 9.59 Å². The molecule has 1 rings (SSSR count). The fraction of sp³-hybridized carbons (Fsp3) is 0.429. The van der Waals surface area contributed by atoms with Gasteiger partial charge in [-0.2, -0.15) is 13.2 Å². The van der Waals surface area contributed by atoms with Crippen LogP contribution in [0.1, 0.15) is 5.56 Å². The fourth-order valence-electron chi connectivity index (χ4n) is 1.67. The van der Waals surface area contributed by atoms with E-state index >= 15 is 0 Å². The van der Waals surface area contributed by atoms with E-state index in [2.05, 4.69) is 0 Å². The van der Waals surface area contributed by atoms with Crippen LogP contribution in [0.2, 0.25) is 0 Å². The van der Waals surface area contributed by atoms with E-state index in [1.165, 1.54) is 32.3 Å². The Bertz CT molecular complexity index is 544. The van der Waals surface area contributed by atoms with Gasteiger partial charge in [0.2, 0.25) is 11.8 Å². The zero-order valence-corrected chi connectivity index (χ0v) is 12.2. The molecular formula is C14H16F4N2O2. The average molecular weight is 320 g/mol. The van der Waals surface area contributed by atoms with E-state index in [9.17, 15) is 27.2 Å². The summed E-state index contributed by atoms with van der Waals surface area (Å²) in [5.41, 5.74) is -0.0167. The highest BCUT2D eigenvalue weighted by Gasteiger charge is 2.34. The van der Waals surface area contributed by atoms with Crippen LogP contribution in [0.15, 0.2) is 24.3 Å². The molecule has 22 heavy (non-hydrogen) atoms. The maximum Gasteiger partial charge on any atom is 0.406 e. The van der Waals surface area contributed by atoms with Crippen molar-refractivity contribution in [3.63, 3.8) is 0 Å². The van der Waals surface area contributed by atoms with E-state index in [-0.39, 0.29) is 5.56 Å². The van der Waals surface area contributed by atoms with Crippen LogP contribution >= 0.6 is 0 Å². The van der Waals surface area contributed by atoms with Crippen LogP contribution in [0.4, 0.5) is 17.6 Å². The number of likely N-dealkylation sites (N-methyl/N-ethyl adjacent to an activating group) is 1. The van der Waals surface area contributed by atoms with E-state index < -0.39 is 43.3 Å². The second-order valence-corrected chi connectivity index (χ2v) is 4.92. The number of nitrogens with zero attached hydrogens (tertiary/aromatic N) is 2. The van der Waals surface area contributed by atoms with Crippen molar-refractivity contribution < 1.29 is 27.2 Å². The van der Waals surface area contributed by atoms with E-state index in [1.54, 1.807) is 0 Å². The summed E-state index contributed by atoms with van der Waals surface area (Å²) in [4.78, 5) is 25.0. The predicted octanol–water partition coefficient (Wildman–Crippen LogP) is 1.85. The molecule has 0 aliphatic heterocycles. The van der Waals surface area contributed by atoms with Crippen molar-refractivity contribution in [1.29, 1.82) is 0 Å². The molecule has 0 heterocycles. The number of hydrogen-bond acceptors (Lipinski definition) is 2. The smallest absolute Gasteiger partial charge is 0.347 e. The molecule has 0 atom stereocenters. The molecule has 0 saturated carbocycles. The Kier molecular flexibility index (Phi) is 5.90. The molecule has 8 heteroatoms. The van der Waals surface area contributed by atoms with Crippen molar-refractivity contribution in [2.45, 2.75) is 12.6 Å². The third-order valence-electron chi connectivity index (χ3n) is 2.85. The summed E-state index contributed by atoms with van der Waals surface area (Å²) in [6.07, 6.45) is -5.18. The summed E-state index contributed by atoms with van der Waals surface area (Å²) in [6, 6.07) is 5.31. The summed E-state index contributed by atoms with van der Waals surface area (Å²) in [5, 5.41) is 0. The standard InChI is InChI=1S/C14H16F4N2O2/c1-19(2)13(22)8-20(9-14(16,17)18)12(21)7-10-5-3-4-6-11(10)15/h3-6H,7-9H2,1-2H3. The van der Waals surface area contributed by atoms with Crippen molar-refractivity contribution in [3.05, 3.63) is 35.6 Å². The molecular weight excluding hydrogens is 304 g/mol. The lowest BCUT2D eigenvalue weighted by atomic mass is 10.1. The highest BCUT2D eigenvalue weighted by molar-refractivity contribution is 5.85. The monoisotopic (exact) mass is 320 g/mol. The summed E-state index contributed by atoms with van der Waals surface area (Å²) in [5.74, 6) is -2.29. The molecule has 0 fully saturated rings. The van der Waals surface area contributed by atoms with Crippen LogP contribution in [-0.2, 0) is 16.0 Å². The van der Waals surface area contributed by atoms with Crippen LogP contribution < -0.4 is 0 Å². The van der Waals surface area contributed by atoms with Gasteiger partial charge in [-0.15, -0.1) is 0 Å². The first-order valence-electron chi connectivity index (χ1n) is 6.38. The number of halogens is 4. The molecule has 0 saturated heterocycles. The number of carbonyl (C=O) groups is 2. The minimum absolute atomic E-state index is 0.0167. The first kappa shape index (κ1) is 17.9. The Morgan fingerprint density at radius 3 is 2.18 bits per heavy atom. The molecule has 2 amide bonds. The number of hydrogen-bond donors (Lipinski definition) is 0. The second-order valence-electron chi connectivity index (χ2n) is 4.92. The van der Waals surface area contributed by atoms with E-state index in [4.69, 9.17) is 0 Å². The molecule has 0 unspecified atom stereocenters. The van der Waals surface area contributed by atoms with Crippen molar-refractivity contribution in [1.82, 2.24) is 9.80 Å². The molecule has 1 aromatic carbocycles. The number of benzene rings is 1. The molecule has 0 radical (unpaired) electrons. The maximum absolute atomic E-state index is 13.5. The summed E-state index contributed by atoms with van der Waals surface area (Å²) < 4.78 is 51.1. The third kappa shape index (κ3) is 5.71. The number of alkyl halides is 3. The highest BCUT2D eigenvalue weighted by atomic mass is 19.4. The summed E-state index contributed by atoms with van der Waals surface area (Å²) in [6.45, 7) is -2.26. The molecule has 4 nitrogen and oxygen atoms in total. The Morgan fingerprint density at radius 1 is 1.09 bits per heavy atom. The van der Waals surface area contributed by atoms with Gasteiger partial charge in [0.15, 0.2) is 0 Å². The Hall–Kier alpha value is -2.12. The first-order valence-corrected chi connectivity index (χ1v) is 6.38. The molecule has 0 spiro atoms. The van der Waals surface area contributed by atoms with Crippen LogP contribution in [0.3, 0.4) is 0 Å². The van der Waals surface area contributed by atoms with Gasteiger partial charge in [-0.1, -0.05) is 18.2 Å². The number of rotatable bonds is 5. The summed E-state index contributed by atoms with van der Waals surface area (Å²) in [7, 11) is 2.74. The molecule has 122 valence electrons.